The Morgan fingerprint density at radius 1 is 1.17 bits per heavy atom. The van der Waals surface area contributed by atoms with Crippen LogP contribution >= 0.6 is 34.9 Å². The van der Waals surface area contributed by atoms with E-state index < -0.39 is 0 Å². The number of hydrogen-bond donors (Lipinski definition) is 2. The van der Waals surface area contributed by atoms with Crippen LogP contribution in [0.15, 0.2) is 73.5 Å². The van der Waals surface area contributed by atoms with Crippen molar-refractivity contribution in [2.45, 2.75) is 14.9 Å². The monoisotopic (exact) mass is 452 g/mol. The molecule has 1 aliphatic heterocycles. The molecule has 3 heterocycles. The molecule has 2 amide bonds. The van der Waals surface area contributed by atoms with Crippen LogP contribution in [0.4, 0.5) is 11.4 Å². The zero-order valence-electron chi connectivity index (χ0n) is 15.6. The van der Waals surface area contributed by atoms with E-state index in [1.807, 2.05) is 41.8 Å². The number of amides is 2. The Kier molecular flexibility index (Phi) is 5.28. The maximum absolute atomic E-state index is 13.1. The Morgan fingerprint density at radius 2 is 2.07 bits per heavy atom. The van der Waals surface area contributed by atoms with Crippen molar-refractivity contribution in [1.29, 1.82) is 0 Å². The normalized spacial score (nSPS) is 13.1. The minimum atomic E-state index is -0.280. The lowest BCUT2D eigenvalue weighted by molar-refractivity contribution is -0.113. The summed E-state index contributed by atoms with van der Waals surface area (Å²) in [5.41, 5.74) is 3.03. The first-order valence-corrected chi connectivity index (χ1v) is 12.1. The standard InChI is InChI=1S/C22H16N2O3S3/c25-19-12-29-18-10-13(7-8-16(18)24-19)23-22(26)21-15(11-30-20-6-3-9-28-20)14-4-1-2-5-17(14)27-21/h1-10H,11-12H2,(H,23,26)(H,24,25). The first kappa shape index (κ1) is 19.3. The van der Waals surface area contributed by atoms with Crippen LogP contribution in [0.5, 0.6) is 0 Å². The van der Waals surface area contributed by atoms with Gasteiger partial charge < -0.3 is 15.1 Å². The van der Waals surface area contributed by atoms with Gasteiger partial charge in [0.05, 0.1) is 15.6 Å². The number of thioether (sulfide) groups is 2. The maximum atomic E-state index is 13.1. The smallest absolute Gasteiger partial charge is 0.291 e. The molecular formula is C22H16N2O3S3. The molecule has 0 atom stereocenters. The number of furan rings is 1. The van der Waals surface area contributed by atoms with Crippen molar-refractivity contribution < 1.29 is 14.0 Å². The van der Waals surface area contributed by atoms with E-state index in [0.29, 0.717) is 28.5 Å². The number of fused-ring (bicyclic) bond motifs is 2. The van der Waals surface area contributed by atoms with E-state index in [1.165, 1.54) is 16.0 Å². The van der Waals surface area contributed by atoms with Crippen LogP contribution in [-0.2, 0) is 10.5 Å². The van der Waals surface area contributed by atoms with Crippen LogP contribution in [0.3, 0.4) is 0 Å². The topological polar surface area (TPSA) is 71.3 Å². The molecule has 2 aromatic heterocycles. The zero-order valence-corrected chi connectivity index (χ0v) is 18.1. The van der Waals surface area contributed by atoms with Crippen LogP contribution < -0.4 is 10.6 Å². The highest BCUT2D eigenvalue weighted by atomic mass is 32.2. The number of anilines is 2. The average molecular weight is 453 g/mol. The van der Waals surface area contributed by atoms with E-state index in [1.54, 1.807) is 35.2 Å². The van der Waals surface area contributed by atoms with Gasteiger partial charge in [0.15, 0.2) is 5.76 Å². The molecule has 0 radical (unpaired) electrons. The predicted octanol–water partition coefficient (Wildman–Crippen LogP) is 6.08. The molecule has 5 rings (SSSR count). The third-order valence-electron chi connectivity index (χ3n) is 4.63. The van der Waals surface area contributed by atoms with E-state index in [0.717, 1.165) is 21.5 Å². The van der Waals surface area contributed by atoms with Gasteiger partial charge in [-0.05, 0) is 35.7 Å². The summed E-state index contributed by atoms with van der Waals surface area (Å²) in [6.07, 6.45) is 0. The molecule has 30 heavy (non-hydrogen) atoms. The molecule has 0 spiro atoms. The van der Waals surface area contributed by atoms with Gasteiger partial charge in [-0.25, -0.2) is 0 Å². The molecule has 0 aliphatic carbocycles. The van der Waals surface area contributed by atoms with Crippen LogP contribution in [0.2, 0.25) is 0 Å². The van der Waals surface area contributed by atoms with Gasteiger partial charge in [0.25, 0.3) is 5.91 Å². The Bertz CT molecular complexity index is 1250. The second-order valence-corrected chi connectivity index (χ2v) is 9.87. The number of benzene rings is 2. The number of carbonyl (C=O) groups excluding carboxylic acids is 2. The lowest BCUT2D eigenvalue weighted by atomic mass is 10.1. The maximum Gasteiger partial charge on any atom is 0.291 e. The van der Waals surface area contributed by atoms with Gasteiger partial charge in [-0.2, -0.15) is 0 Å². The van der Waals surface area contributed by atoms with Gasteiger partial charge >= 0.3 is 0 Å². The molecule has 4 aromatic rings. The highest BCUT2D eigenvalue weighted by Gasteiger charge is 2.22. The zero-order chi connectivity index (χ0) is 20.5. The minimum Gasteiger partial charge on any atom is -0.451 e. The van der Waals surface area contributed by atoms with Crippen LogP contribution in [0, 0.1) is 0 Å². The number of rotatable bonds is 5. The van der Waals surface area contributed by atoms with Crippen molar-refractivity contribution in [3.05, 3.63) is 71.3 Å². The predicted molar refractivity (Wildman–Crippen MR) is 124 cm³/mol. The minimum absolute atomic E-state index is 0.0144. The lowest BCUT2D eigenvalue weighted by Gasteiger charge is -2.17. The van der Waals surface area contributed by atoms with Crippen LogP contribution in [-0.4, -0.2) is 17.6 Å². The highest BCUT2D eigenvalue weighted by molar-refractivity contribution is 8.00. The van der Waals surface area contributed by atoms with E-state index in [2.05, 4.69) is 16.7 Å². The van der Waals surface area contributed by atoms with Crippen molar-refractivity contribution >= 4 is 69.0 Å². The van der Waals surface area contributed by atoms with Gasteiger partial charge in [-0.3, -0.25) is 9.59 Å². The van der Waals surface area contributed by atoms with Gasteiger partial charge in [0.2, 0.25) is 5.91 Å². The van der Waals surface area contributed by atoms with E-state index >= 15 is 0 Å². The molecule has 1 aliphatic rings. The highest BCUT2D eigenvalue weighted by Crippen LogP contribution is 2.36. The average Bonchev–Trinajstić information content (AvgIpc) is 3.40. The van der Waals surface area contributed by atoms with Crippen LogP contribution in [0.1, 0.15) is 16.1 Å². The summed E-state index contributed by atoms with van der Waals surface area (Å²) in [6, 6.07) is 17.3. The summed E-state index contributed by atoms with van der Waals surface area (Å²) in [7, 11) is 0. The van der Waals surface area contributed by atoms with Crippen LogP contribution in [0.25, 0.3) is 11.0 Å². The molecule has 8 heteroatoms. The van der Waals surface area contributed by atoms with E-state index in [9.17, 15) is 9.59 Å². The fourth-order valence-corrected chi connectivity index (χ4v) is 5.91. The fraction of sp³-hybridized carbons (Fsp3) is 0.0909. The number of hydrogen-bond acceptors (Lipinski definition) is 6. The molecule has 150 valence electrons. The summed E-state index contributed by atoms with van der Waals surface area (Å²) < 4.78 is 7.14. The number of thiophene rings is 1. The summed E-state index contributed by atoms with van der Waals surface area (Å²) >= 11 is 4.83. The Balaban J connectivity index is 1.43. The van der Waals surface area contributed by atoms with E-state index in [4.69, 9.17) is 4.42 Å². The van der Waals surface area contributed by atoms with Crippen molar-refractivity contribution in [2.75, 3.05) is 16.4 Å². The van der Waals surface area contributed by atoms with Gasteiger partial charge in [-0.1, -0.05) is 24.3 Å². The van der Waals surface area contributed by atoms with Gasteiger partial charge in [0.1, 0.15) is 5.58 Å². The quantitative estimate of drug-likeness (QED) is 0.359. The third-order valence-corrected chi connectivity index (χ3v) is 7.84. The molecule has 0 fully saturated rings. The first-order chi connectivity index (χ1) is 14.7. The van der Waals surface area contributed by atoms with Crippen molar-refractivity contribution in [2.24, 2.45) is 0 Å². The van der Waals surface area contributed by atoms with E-state index in [-0.39, 0.29) is 11.8 Å². The Labute approximate surface area is 185 Å². The SMILES string of the molecule is O=C1CSc2cc(NC(=O)c3oc4ccccc4c3CSc3cccs3)ccc2N1. The van der Waals surface area contributed by atoms with Crippen molar-refractivity contribution in [3.63, 3.8) is 0 Å². The van der Waals surface area contributed by atoms with Gasteiger partial charge in [0, 0.05) is 27.3 Å². The van der Waals surface area contributed by atoms with Gasteiger partial charge in [-0.15, -0.1) is 34.9 Å². The Hall–Kier alpha value is -2.68. The second kappa shape index (κ2) is 8.22. The molecule has 2 aromatic carbocycles. The Morgan fingerprint density at radius 3 is 2.93 bits per heavy atom. The third kappa shape index (κ3) is 3.86. The molecule has 5 nitrogen and oxygen atoms in total. The number of para-hydroxylation sites is 1. The lowest BCUT2D eigenvalue weighted by Crippen LogP contribution is -2.19. The molecule has 0 saturated carbocycles. The molecule has 0 unspecified atom stereocenters. The summed E-state index contributed by atoms with van der Waals surface area (Å²) in [5.74, 6) is 1.06. The largest absolute Gasteiger partial charge is 0.451 e. The molecule has 0 saturated heterocycles. The summed E-state index contributed by atoms with van der Waals surface area (Å²) in [6.45, 7) is 0. The first-order valence-electron chi connectivity index (χ1n) is 9.22. The fourth-order valence-electron chi connectivity index (χ4n) is 3.25. The summed E-state index contributed by atoms with van der Waals surface area (Å²) in [4.78, 5) is 25.6. The molecule has 2 N–H and O–H groups in total. The van der Waals surface area contributed by atoms with Crippen molar-refractivity contribution in [3.8, 4) is 0 Å². The molecular weight excluding hydrogens is 436 g/mol. The van der Waals surface area contributed by atoms with Crippen molar-refractivity contribution in [1.82, 2.24) is 0 Å². The summed E-state index contributed by atoms with van der Waals surface area (Å²) in [5, 5.41) is 8.78. The number of carbonyl (C=O) groups is 2. The number of nitrogens with one attached hydrogen (secondary N) is 2. The molecule has 0 bridgehead atoms. The second-order valence-electron chi connectivity index (χ2n) is 6.63.